The second-order valence-corrected chi connectivity index (χ2v) is 5.20. The van der Waals surface area contributed by atoms with Gasteiger partial charge in [-0.15, -0.1) is 0 Å². The molecular formula is C16H13F3N2O5. The van der Waals surface area contributed by atoms with Crippen molar-refractivity contribution in [3.8, 4) is 17.2 Å². The number of benzene rings is 2. The first-order valence-corrected chi connectivity index (χ1v) is 7.08. The molecule has 0 aliphatic rings. The van der Waals surface area contributed by atoms with Gasteiger partial charge in [0.05, 0.1) is 0 Å². The van der Waals surface area contributed by atoms with Crippen LogP contribution in [0.25, 0.3) is 0 Å². The number of halogens is 3. The fourth-order valence-corrected chi connectivity index (χ4v) is 1.98. The quantitative estimate of drug-likeness (QED) is 0.529. The maximum atomic E-state index is 12.2. The van der Waals surface area contributed by atoms with Gasteiger partial charge in [0, 0.05) is 17.8 Å². The number of hydrogen-bond donors (Lipinski definition) is 5. The number of nitrogens with one attached hydrogen (secondary N) is 2. The Morgan fingerprint density at radius 3 is 2.19 bits per heavy atom. The highest BCUT2D eigenvalue weighted by Crippen LogP contribution is 2.35. The Hall–Kier alpha value is -3.43. The van der Waals surface area contributed by atoms with Crippen LogP contribution in [0.1, 0.15) is 15.9 Å². The van der Waals surface area contributed by atoms with Crippen molar-refractivity contribution in [2.45, 2.75) is 12.7 Å². The number of hydrogen-bond acceptors (Lipinski definition) is 5. The van der Waals surface area contributed by atoms with Crippen molar-refractivity contribution in [3.05, 3.63) is 47.5 Å². The highest BCUT2D eigenvalue weighted by atomic mass is 19.4. The van der Waals surface area contributed by atoms with Crippen molar-refractivity contribution in [2.75, 3.05) is 5.32 Å². The predicted octanol–water partition coefficient (Wildman–Crippen LogP) is 2.23. The highest BCUT2D eigenvalue weighted by molar-refractivity contribution is 5.96. The Balaban J connectivity index is 2.05. The average Bonchev–Trinajstić information content (AvgIpc) is 2.56. The Morgan fingerprint density at radius 2 is 1.62 bits per heavy atom. The van der Waals surface area contributed by atoms with Crippen LogP contribution in [0, 0.1) is 0 Å². The van der Waals surface area contributed by atoms with E-state index in [0.717, 1.165) is 12.1 Å². The van der Waals surface area contributed by atoms with E-state index in [2.05, 4.69) is 5.32 Å². The van der Waals surface area contributed by atoms with E-state index in [4.69, 9.17) is 0 Å². The third-order valence-corrected chi connectivity index (χ3v) is 3.23. The molecule has 26 heavy (non-hydrogen) atoms. The highest BCUT2D eigenvalue weighted by Gasteiger charge is 2.38. The molecule has 0 saturated carbocycles. The van der Waals surface area contributed by atoms with E-state index in [9.17, 15) is 38.1 Å². The average molecular weight is 370 g/mol. The lowest BCUT2D eigenvalue weighted by molar-refractivity contribution is -0.167. The van der Waals surface area contributed by atoms with E-state index < -0.39 is 35.2 Å². The van der Waals surface area contributed by atoms with Crippen LogP contribution in [0.5, 0.6) is 17.2 Å². The van der Waals surface area contributed by atoms with Gasteiger partial charge in [-0.2, -0.15) is 13.2 Å². The Kier molecular flexibility index (Phi) is 5.24. The number of carbonyl (C=O) groups is 2. The molecule has 0 radical (unpaired) electrons. The second kappa shape index (κ2) is 7.21. The molecule has 2 aromatic carbocycles. The van der Waals surface area contributed by atoms with Crippen molar-refractivity contribution < 1.29 is 38.1 Å². The van der Waals surface area contributed by atoms with E-state index in [1.54, 1.807) is 5.32 Å². The SMILES string of the molecule is O=C(NCc1cccc(NC(=O)C(F)(F)F)c1)c1cc(O)c(O)c(O)c1. The van der Waals surface area contributed by atoms with Crippen LogP contribution in [0.15, 0.2) is 36.4 Å². The molecule has 10 heteroatoms. The van der Waals surface area contributed by atoms with Crippen LogP contribution in [0.2, 0.25) is 0 Å². The van der Waals surface area contributed by atoms with E-state index in [0.29, 0.717) is 5.56 Å². The lowest BCUT2D eigenvalue weighted by Gasteiger charge is -2.10. The van der Waals surface area contributed by atoms with Gasteiger partial charge in [0.1, 0.15) is 0 Å². The van der Waals surface area contributed by atoms with Crippen LogP contribution in [0.3, 0.4) is 0 Å². The number of alkyl halides is 3. The molecule has 0 aromatic heterocycles. The lowest BCUT2D eigenvalue weighted by Crippen LogP contribution is -2.30. The van der Waals surface area contributed by atoms with Crippen LogP contribution >= 0.6 is 0 Å². The molecule has 0 atom stereocenters. The van der Waals surface area contributed by atoms with Crippen molar-refractivity contribution in [3.63, 3.8) is 0 Å². The Labute approximate surface area is 144 Å². The molecule has 0 heterocycles. The van der Waals surface area contributed by atoms with Crippen LogP contribution in [0.4, 0.5) is 18.9 Å². The summed E-state index contributed by atoms with van der Waals surface area (Å²) in [4.78, 5) is 22.9. The van der Waals surface area contributed by atoms with Crippen LogP contribution < -0.4 is 10.6 Å². The number of carbonyl (C=O) groups excluding carboxylic acids is 2. The maximum Gasteiger partial charge on any atom is 0.471 e. The molecule has 0 spiro atoms. The molecule has 0 fully saturated rings. The zero-order chi connectivity index (χ0) is 19.5. The molecule has 2 aromatic rings. The summed E-state index contributed by atoms with van der Waals surface area (Å²) in [7, 11) is 0. The van der Waals surface area contributed by atoms with Gasteiger partial charge in [-0.3, -0.25) is 9.59 Å². The second-order valence-electron chi connectivity index (χ2n) is 5.20. The zero-order valence-electron chi connectivity index (χ0n) is 13.0. The number of phenols is 3. The fourth-order valence-electron chi connectivity index (χ4n) is 1.98. The summed E-state index contributed by atoms with van der Waals surface area (Å²) in [5, 5.41) is 32.1. The first-order chi connectivity index (χ1) is 12.1. The van der Waals surface area contributed by atoms with E-state index >= 15 is 0 Å². The van der Waals surface area contributed by atoms with E-state index in [-0.39, 0.29) is 17.8 Å². The van der Waals surface area contributed by atoms with E-state index in [1.165, 1.54) is 24.3 Å². The normalized spacial score (nSPS) is 11.0. The molecule has 2 rings (SSSR count). The van der Waals surface area contributed by atoms with Gasteiger partial charge in [-0.1, -0.05) is 12.1 Å². The van der Waals surface area contributed by atoms with Crippen molar-refractivity contribution in [1.29, 1.82) is 0 Å². The monoisotopic (exact) mass is 370 g/mol. The van der Waals surface area contributed by atoms with Gasteiger partial charge in [0.2, 0.25) is 0 Å². The van der Waals surface area contributed by atoms with Crippen LogP contribution in [-0.2, 0) is 11.3 Å². The van der Waals surface area contributed by atoms with Crippen molar-refractivity contribution >= 4 is 17.5 Å². The largest absolute Gasteiger partial charge is 0.504 e. The molecule has 0 saturated heterocycles. The predicted molar refractivity (Wildman–Crippen MR) is 83.7 cm³/mol. The Morgan fingerprint density at radius 1 is 1.00 bits per heavy atom. The zero-order valence-corrected chi connectivity index (χ0v) is 13.0. The minimum atomic E-state index is -5.02. The standard InChI is InChI=1S/C16H13F3N2O5/c17-16(18,19)15(26)21-10-3-1-2-8(4-10)7-20-14(25)9-5-11(22)13(24)12(23)6-9/h1-6,22-24H,7H2,(H,20,25)(H,21,26). The first kappa shape index (κ1) is 18.9. The van der Waals surface area contributed by atoms with Crippen molar-refractivity contribution in [2.24, 2.45) is 0 Å². The summed E-state index contributed by atoms with van der Waals surface area (Å²) in [6, 6.07) is 7.27. The molecule has 2 amide bonds. The van der Waals surface area contributed by atoms with Gasteiger partial charge in [0.25, 0.3) is 5.91 Å². The smallest absolute Gasteiger partial charge is 0.471 e. The molecule has 0 aliphatic carbocycles. The molecule has 138 valence electrons. The fraction of sp³-hybridized carbons (Fsp3) is 0.125. The number of rotatable bonds is 4. The van der Waals surface area contributed by atoms with Crippen LogP contribution in [-0.4, -0.2) is 33.3 Å². The summed E-state index contributed by atoms with van der Waals surface area (Å²) in [5.41, 5.74) is 0.156. The van der Waals surface area contributed by atoms with Gasteiger partial charge in [-0.05, 0) is 29.8 Å². The topological polar surface area (TPSA) is 119 Å². The Bertz CT molecular complexity index is 829. The molecule has 0 aliphatic heterocycles. The third-order valence-electron chi connectivity index (χ3n) is 3.23. The number of anilines is 1. The van der Waals surface area contributed by atoms with Gasteiger partial charge in [-0.25, -0.2) is 0 Å². The molecule has 0 unspecified atom stereocenters. The molecule has 5 N–H and O–H groups in total. The third kappa shape index (κ3) is 4.56. The summed E-state index contributed by atoms with van der Waals surface area (Å²) in [5.74, 6) is -4.97. The van der Waals surface area contributed by atoms with Gasteiger partial charge >= 0.3 is 12.1 Å². The molecular weight excluding hydrogens is 357 g/mol. The minimum Gasteiger partial charge on any atom is -0.504 e. The maximum absolute atomic E-state index is 12.2. The lowest BCUT2D eigenvalue weighted by atomic mass is 10.1. The number of amides is 2. The summed E-state index contributed by atoms with van der Waals surface area (Å²) >= 11 is 0. The van der Waals surface area contributed by atoms with E-state index in [1.807, 2.05) is 0 Å². The summed E-state index contributed by atoms with van der Waals surface area (Å²) < 4.78 is 36.7. The molecule has 0 bridgehead atoms. The molecule has 7 nitrogen and oxygen atoms in total. The van der Waals surface area contributed by atoms with Gasteiger partial charge in [0.15, 0.2) is 17.2 Å². The number of phenolic OH excluding ortho intramolecular Hbond substituents is 3. The summed E-state index contributed by atoms with van der Waals surface area (Å²) in [6.45, 7) is -0.100. The summed E-state index contributed by atoms with van der Waals surface area (Å²) in [6.07, 6.45) is -5.02. The first-order valence-electron chi connectivity index (χ1n) is 7.08. The van der Waals surface area contributed by atoms with Gasteiger partial charge < -0.3 is 26.0 Å². The minimum absolute atomic E-state index is 0.0982. The van der Waals surface area contributed by atoms with Crippen molar-refractivity contribution in [1.82, 2.24) is 5.32 Å². The number of aromatic hydroxyl groups is 3.